The Bertz CT molecular complexity index is 1350. The Labute approximate surface area is 209 Å². The summed E-state index contributed by atoms with van der Waals surface area (Å²) in [4.78, 5) is 51.9. The fraction of sp³-hybridized carbons (Fsp3) is 0.250. The average molecular weight is 486 g/mol. The average Bonchev–Trinajstić information content (AvgIpc) is 3.11. The first-order valence-corrected chi connectivity index (χ1v) is 11.8. The molecule has 1 aliphatic rings. The Morgan fingerprint density at radius 1 is 0.889 bits per heavy atom. The van der Waals surface area contributed by atoms with Crippen molar-refractivity contribution in [3.63, 3.8) is 0 Å². The molecule has 0 saturated heterocycles. The Kier molecular flexibility index (Phi) is 6.70. The highest BCUT2D eigenvalue weighted by Crippen LogP contribution is 2.40. The van der Waals surface area contributed by atoms with Gasteiger partial charge in [-0.1, -0.05) is 64.1 Å². The molecule has 8 heteroatoms. The van der Waals surface area contributed by atoms with Crippen LogP contribution in [0.25, 0.3) is 0 Å². The smallest absolute Gasteiger partial charge is 0.269 e. The molecule has 0 unspecified atom stereocenters. The normalized spacial score (nSPS) is 12.9. The second kappa shape index (κ2) is 9.73. The van der Waals surface area contributed by atoms with Gasteiger partial charge in [-0.15, -0.1) is 0 Å². The second-order valence-electron chi connectivity index (χ2n) is 9.37. The maximum absolute atomic E-state index is 13.7. The zero-order valence-electron chi connectivity index (χ0n) is 20.6. The highest BCUT2D eigenvalue weighted by atomic mass is 16.6. The lowest BCUT2D eigenvalue weighted by atomic mass is 9.92. The summed E-state index contributed by atoms with van der Waals surface area (Å²) in [5.74, 6) is -1.32. The van der Waals surface area contributed by atoms with Crippen molar-refractivity contribution in [1.82, 2.24) is 5.32 Å². The summed E-state index contributed by atoms with van der Waals surface area (Å²) >= 11 is 0. The molecule has 1 aliphatic heterocycles. The van der Waals surface area contributed by atoms with E-state index in [9.17, 15) is 24.5 Å². The van der Waals surface area contributed by atoms with Gasteiger partial charge in [-0.05, 0) is 40.7 Å². The van der Waals surface area contributed by atoms with Gasteiger partial charge in [0.25, 0.3) is 23.4 Å². The molecule has 1 heterocycles. The standard InChI is InChI=1S/C28H27N3O5/c1-16(2)20-7-5-8-21(17(3)4)25(20)30-27(33)23-10-6-9-22(24(23)28(30)34)26(32)29-15-18-11-13-19(14-12-18)31(35)36/h5-14,16-17H,15H2,1-4H3,(H,29,32). The van der Waals surface area contributed by atoms with E-state index in [4.69, 9.17) is 0 Å². The van der Waals surface area contributed by atoms with Crippen molar-refractivity contribution in [2.75, 3.05) is 4.90 Å². The van der Waals surface area contributed by atoms with Gasteiger partial charge in [-0.25, -0.2) is 4.90 Å². The predicted octanol–water partition coefficient (Wildman–Crippen LogP) is 5.57. The molecule has 184 valence electrons. The van der Waals surface area contributed by atoms with Crippen LogP contribution in [0.2, 0.25) is 0 Å². The van der Waals surface area contributed by atoms with Crippen LogP contribution >= 0.6 is 0 Å². The number of amides is 3. The van der Waals surface area contributed by atoms with Gasteiger partial charge in [-0.2, -0.15) is 0 Å². The molecule has 0 aromatic heterocycles. The molecule has 3 amide bonds. The topological polar surface area (TPSA) is 110 Å². The fourth-order valence-electron chi connectivity index (χ4n) is 4.46. The third-order valence-corrected chi connectivity index (χ3v) is 6.33. The van der Waals surface area contributed by atoms with Crippen molar-refractivity contribution >= 4 is 29.1 Å². The minimum absolute atomic E-state index is 0.0439. The number of hydrogen-bond acceptors (Lipinski definition) is 5. The Morgan fingerprint density at radius 2 is 1.47 bits per heavy atom. The number of nitrogens with zero attached hydrogens (tertiary/aromatic N) is 2. The number of nitro groups is 1. The van der Waals surface area contributed by atoms with Crippen LogP contribution in [0.1, 0.15) is 87.3 Å². The van der Waals surface area contributed by atoms with E-state index in [1.165, 1.54) is 23.1 Å². The van der Waals surface area contributed by atoms with Gasteiger partial charge in [0.1, 0.15) is 0 Å². The number of carbonyl (C=O) groups excluding carboxylic acids is 3. The lowest BCUT2D eigenvalue weighted by molar-refractivity contribution is -0.384. The first-order valence-electron chi connectivity index (χ1n) is 11.8. The molecule has 0 radical (unpaired) electrons. The Morgan fingerprint density at radius 3 is 2.03 bits per heavy atom. The van der Waals surface area contributed by atoms with Crippen molar-refractivity contribution < 1.29 is 19.3 Å². The molecule has 0 saturated carbocycles. The molecule has 0 atom stereocenters. The van der Waals surface area contributed by atoms with Crippen molar-refractivity contribution in [3.8, 4) is 0 Å². The minimum Gasteiger partial charge on any atom is -0.348 e. The minimum atomic E-state index is -0.522. The number of hydrogen-bond donors (Lipinski definition) is 1. The van der Waals surface area contributed by atoms with Crippen LogP contribution in [0, 0.1) is 10.1 Å². The number of carbonyl (C=O) groups is 3. The number of anilines is 1. The molecular weight excluding hydrogens is 458 g/mol. The molecule has 36 heavy (non-hydrogen) atoms. The van der Waals surface area contributed by atoms with Gasteiger partial charge in [0.2, 0.25) is 0 Å². The maximum atomic E-state index is 13.7. The van der Waals surface area contributed by atoms with Gasteiger partial charge >= 0.3 is 0 Å². The zero-order valence-corrected chi connectivity index (χ0v) is 20.6. The largest absolute Gasteiger partial charge is 0.348 e. The molecule has 3 aromatic rings. The number of imide groups is 1. The number of fused-ring (bicyclic) bond motifs is 1. The van der Waals surface area contributed by atoms with Crippen LogP contribution in [0.15, 0.2) is 60.7 Å². The highest BCUT2D eigenvalue weighted by Gasteiger charge is 2.41. The van der Waals surface area contributed by atoms with E-state index < -0.39 is 22.6 Å². The Balaban J connectivity index is 1.68. The highest BCUT2D eigenvalue weighted by molar-refractivity contribution is 6.36. The second-order valence-corrected chi connectivity index (χ2v) is 9.37. The van der Waals surface area contributed by atoms with E-state index in [2.05, 4.69) is 5.32 Å². The van der Waals surface area contributed by atoms with Crippen molar-refractivity contribution in [1.29, 1.82) is 0 Å². The van der Waals surface area contributed by atoms with Gasteiger partial charge in [0.15, 0.2) is 0 Å². The number of rotatable bonds is 7. The predicted molar refractivity (Wildman–Crippen MR) is 136 cm³/mol. The molecular formula is C28H27N3O5. The van der Waals surface area contributed by atoms with Crippen LogP contribution < -0.4 is 10.2 Å². The lowest BCUT2D eigenvalue weighted by Gasteiger charge is -2.25. The number of nitrogens with one attached hydrogen (secondary N) is 1. The summed E-state index contributed by atoms with van der Waals surface area (Å²) in [5, 5.41) is 13.6. The van der Waals surface area contributed by atoms with Gasteiger partial charge < -0.3 is 5.32 Å². The summed E-state index contributed by atoms with van der Waals surface area (Å²) in [7, 11) is 0. The first kappa shape index (κ1) is 24.8. The quantitative estimate of drug-likeness (QED) is 0.267. The summed E-state index contributed by atoms with van der Waals surface area (Å²) in [5.41, 5.74) is 3.37. The molecule has 1 N–H and O–H groups in total. The van der Waals surface area contributed by atoms with Crippen molar-refractivity contribution in [2.24, 2.45) is 0 Å². The lowest BCUT2D eigenvalue weighted by Crippen LogP contribution is -2.32. The molecule has 0 aliphatic carbocycles. The SMILES string of the molecule is CC(C)c1cccc(C(C)C)c1N1C(=O)c2cccc(C(=O)NCc3ccc([N+](=O)[O-])cc3)c2C1=O. The van der Waals surface area contributed by atoms with Crippen LogP contribution in [0.5, 0.6) is 0 Å². The van der Waals surface area contributed by atoms with E-state index in [-0.39, 0.29) is 40.8 Å². The number of para-hydroxylation sites is 1. The third kappa shape index (κ3) is 4.37. The zero-order chi connectivity index (χ0) is 26.1. The van der Waals surface area contributed by atoms with Crippen LogP contribution in [0.3, 0.4) is 0 Å². The molecule has 0 spiro atoms. The van der Waals surface area contributed by atoms with Crippen LogP contribution in [-0.4, -0.2) is 22.6 Å². The number of non-ortho nitro benzene ring substituents is 1. The molecule has 8 nitrogen and oxygen atoms in total. The molecule has 0 fully saturated rings. The monoisotopic (exact) mass is 485 g/mol. The molecule has 0 bridgehead atoms. The van der Waals surface area contributed by atoms with Gasteiger partial charge in [0, 0.05) is 18.7 Å². The van der Waals surface area contributed by atoms with E-state index in [0.717, 1.165) is 11.1 Å². The summed E-state index contributed by atoms with van der Waals surface area (Å²) in [6.07, 6.45) is 0. The summed E-state index contributed by atoms with van der Waals surface area (Å²) in [6, 6.07) is 16.3. The number of benzene rings is 3. The van der Waals surface area contributed by atoms with Crippen molar-refractivity contribution in [3.05, 3.63) is 104 Å². The number of nitro benzene ring substituents is 1. The summed E-state index contributed by atoms with van der Waals surface area (Å²) < 4.78 is 0. The van der Waals surface area contributed by atoms with Crippen molar-refractivity contribution in [2.45, 2.75) is 46.1 Å². The van der Waals surface area contributed by atoms with Gasteiger partial charge in [0.05, 0.1) is 27.3 Å². The van der Waals surface area contributed by atoms with E-state index in [1.807, 2.05) is 45.9 Å². The van der Waals surface area contributed by atoms with E-state index in [0.29, 0.717) is 11.3 Å². The third-order valence-electron chi connectivity index (χ3n) is 6.33. The van der Waals surface area contributed by atoms with E-state index >= 15 is 0 Å². The summed E-state index contributed by atoms with van der Waals surface area (Å²) in [6.45, 7) is 8.16. The van der Waals surface area contributed by atoms with Gasteiger partial charge in [-0.3, -0.25) is 24.5 Å². The maximum Gasteiger partial charge on any atom is 0.269 e. The van der Waals surface area contributed by atoms with E-state index in [1.54, 1.807) is 24.3 Å². The fourth-order valence-corrected chi connectivity index (χ4v) is 4.46. The molecule has 4 rings (SSSR count). The first-order chi connectivity index (χ1) is 17.1. The van der Waals surface area contributed by atoms with Crippen LogP contribution in [0.4, 0.5) is 11.4 Å². The Hall–Kier alpha value is -4.33. The van der Waals surface area contributed by atoms with Crippen LogP contribution in [-0.2, 0) is 6.54 Å². The molecule has 3 aromatic carbocycles.